The molecule has 21 heavy (non-hydrogen) atoms. The molecular weight excluding hydrogens is 279 g/mol. The Balaban J connectivity index is 2.61. The minimum Gasteiger partial charge on any atom is -0.388 e. The van der Waals surface area contributed by atoms with Crippen LogP contribution in [0.25, 0.3) is 0 Å². The van der Waals surface area contributed by atoms with Crippen molar-refractivity contribution in [2.24, 2.45) is 0 Å². The number of aliphatic hydroxyl groups excluding tert-OH is 1. The van der Waals surface area contributed by atoms with Crippen LogP contribution in [0.4, 0.5) is 13.2 Å². The Labute approximate surface area is 124 Å². The average Bonchev–Trinajstić information content (AvgIpc) is 2.33. The summed E-state index contributed by atoms with van der Waals surface area (Å²) in [6.45, 7) is 5.44. The van der Waals surface area contributed by atoms with Crippen molar-refractivity contribution in [3.63, 3.8) is 0 Å². The first-order valence-electron chi connectivity index (χ1n) is 7.26. The molecule has 0 aliphatic heterocycles. The zero-order chi connectivity index (χ0) is 16.0. The number of benzene rings is 1. The summed E-state index contributed by atoms with van der Waals surface area (Å²) in [4.78, 5) is 1.35. The maximum atomic E-state index is 12.5. The number of nitrogens with zero attached hydrogens (tertiary/aromatic N) is 1. The number of aliphatic hydroxyl groups is 1. The zero-order valence-corrected chi connectivity index (χ0v) is 12.9. The molecule has 1 atom stereocenters. The van der Waals surface area contributed by atoms with E-state index in [4.69, 9.17) is 0 Å². The van der Waals surface area contributed by atoms with Gasteiger partial charge in [0.1, 0.15) is 0 Å². The summed E-state index contributed by atoms with van der Waals surface area (Å²) in [5.74, 6) is 0. The lowest BCUT2D eigenvalue weighted by Gasteiger charge is -2.24. The second kappa shape index (κ2) is 7.80. The average molecular weight is 303 g/mol. The summed E-state index contributed by atoms with van der Waals surface area (Å²) in [5.41, 5.74) is 2.87. The van der Waals surface area contributed by atoms with Crippen molar-refractivity contribution in [2.75, 3.05) is 19.6 Å². The van der Waals surface area contributed by atoms with E-state index >= 15 is 0 Å². The molecule has 2 nitrogen and oxygen atoms in total. The molecule has 5 heteroatoms. The Bertz CT molecular complexity index is 425. The molecule has 0 aromatic heterocycles. The van der Waals surface area contributed by atoms with Gasteiger partial charge in [-0.1, -0.05) is 36.2 Å². The second-order valence-corrected chi connectivity index (χ2v) is 5.62. The van der Waals surface area contributed by atoms with Crippen LogP contribution in [0.1, 0.15) is 42.6 Å². The van der Waals surface area contributed by atoms with Gasteiger partial charge in [-0.25, -0.2) is 0 Å². The van der Waals surface area contributed by atoms with Gasteiger partial charge in [0.15, 0.2) is 0 Å². The van der Waals surface area contributed by atoms with Crippen LogP contribution in [-0.4, -0.2) is 35.8 Å². The highest BCUT2D eigenvalue weighted by molar-refractivity contribution is 5.29. The van der Waals surface area contributed by atoms with Crippen LogP contribution >= 0.6 is 0 Å². The quantitative estimate of drug-likeness (QED) is 0.823. The van der Waals surface area contributed by atoms with E-state index in [0.29, 0.717) is 19.4 Å². The molecule has 0 radical (unpaired) electrons. The van der Waals surface area contributed by atoms with E-state index < -0.39 is 18.8 Å². The maximum absolute atomic E-state index is 12.5. The number of hydrogen-bond acceptors (Lipinski definition) is 2. The lowest BCUT2D eigenvalue weighted by Crippen LogP contribution is -2.36. The van der Waals surface area contributed by atoms with Crippen LogP contribution in [-0.2, 0) is 0 Å². The zero-order valence-electron chi connectivity index (χ0n) is 12.9. The molecule has 0 saturated heterocycles. The van der Waals surface area contributed by atoms with Crippen molar-refractivity contribution in [1.29, 1.82) is 0 Å². The number of alkyl halides is 3. The van der Waals surface area contributed by atoms with E-state index in [9.17, 15) is 18.3 Å². The number of aryl methyl sites for hydroxylation is 2. The van der Waals surface area contributed by atoms with E-state index in [1.165, 1.54) is 4.90 Å². The number of halogens is 3. The molecule has 1 aromatic rings. The Morgan fingerprint density at radius 3 is 2.14 bits per heavy atom. The SMILES string of the molecule is CCCN(CCC(O)c1cc(C)cc(C)c1)CC(F)(F)F. The molecule has 0 spiro atoms. The fourth-order valence-electron chi connectivity index (χ4n) is 2.51. The van der Waals surface area contributed by atoms with Gasteiger partial charge in [0.05, 0.1) is 12.6 Å². The highest BCUT2D eigenvalue weighted by atomic mass is 19.4. The first kappa shape index (κ1) is 18.0. The molecule has 1 rings (SSSR count). The Morgan fingerprint density at radius 2 is 1.67 bits per heavy atom. The van der Waals surface area contributed by atoms with Crippen LogP contribution in [0.3, 0.4) is 0 Å². The number of hydrogen-bond donors (Lipinski definition) is 1. The van der Waals surface area contributed by atoms with Gasteiger partial charge in [0.2, 0.25) is 0 Å². The first-order chi connectivity index (χ1) is 9.71. The van der Waals surface area contributed by atoms with Gasteiger partial charge >= 0.3 is 6.18 Å². The van der Waals surface area contributed by atoms with E-state index in [-0.39, 0.29) is 6.54 Å². The van der Waals surface area contributed by atoms with E-state index in [2.05, 4.69) is 0 Å². The van der Waals surface area contributed by atoms with Crippen molar-refractivity contribution in [2.45, 2.75) is 45.9 Å². The third kappa shape index (κ3) is 6.96. The summed E-state index contributed by atoms with van der Waals surface area (Å²) in [6, 6.07) is 5.76. The Kier molecular flexibility index (Phi) is 6.68. The molecule has 0 heterocycles. The van der Waals surface area contributed by atoms with Crippen LogP contribution in [0.5, 0.6) is 0 Å². The predicted molar refractivity (Wildman–Crippen MR) is 78.3 cm³/mol. The number of rotatable bonds is 7. The molecule has 0 fully saturated rings. The van der Waals surface area contributed by atoms with Gasteiger partial charge in [0, 0.05) is 6.54 Å². The minimum absolute atomic E-state index is 0.238. The van der Waals surface area contributed by atoms with Crippen molar-refractivity contribution in [3.8, 4) is 0 Å². The normalized spacial score (nSPS) is 13.7. The van der Waals surface area contributed by atoms with Gasteiger partial charge in [0.25, 0.3) is 0 Å². The van der Waals surface area contributed by atoms with Gasteiger partial charge in [-0.3, -0.25) is 4.90 Å². The van der Waals surface area contributed by atoms with Crippen LogP contribution in [0, 0.1) is 13.8 Å². The predicted octanol–water partition coefficient (Wildman–Crippen LogP) is 4.00. The van der Waals surface area contributed by atoms with Crippen molar-refractivity contribution in [3.05, 3.63) is 34.9 Å². The van der Waals surface area contributed by atoms with Gasteiger partial charge in [-0.05, 0) is 38.8 Å². The topological polar surface area (TPSA) is 23.5 Å². The summed E-state index contributed by atoms with van der Waals surface area (Å²) in [7, 11) is 0. The van der Waals surface area contributed by atoms with Gasteiger partial charge in [-0.2, -0.15) is 13.2 Å². The third-order valence-electron chi connectivity index (χ3n) is 3.29. The van der Waals surface area contributed by atoms with Crippen LogP contribution in [0.2, 0.25) is 0 Å². The lowest BCUT2D eigenvalue weighted by molar-refractivity contribution is -0.146. The maximum Gasteiger partial charge on any atom is 0.401 e. The molecule has 0 aliphatic rings. The molecule has 0 amide bonds. The third-order valence-corrected chi connectivity index (χ3v) is 3.29. The summed E-state index contributed by atoms with van der Waals surface area (Å²) < 4.78 is 37.4. The minimum atomic E-state index is -4.19. The molecule has 1 unspecified atom stereocenters. The first-order valence-corrected chi connectivity index (χ1v) is 7.26. The summed E-state index contributed by atoms with van der Waals surface area (Å²) in [6.07, 6.45) is -3.95. The highest BCUT2D eigenvalue weighted by Gasteiger charge is 2.30. The Morgan fingerprint density at radius 1 is 1.10 bits per heavy atom. The van der Waals surface area contributed by atoms with E-state index in [1.807, 2.05) is 39.0 Å². The smallest absolute Gasteiger partial charge is 0.388 e. The lowest BCUT2D eigenvalue weighted by atomic mass is 10.0. The summed E-state index contributed by atoms with van der Waals surface area (Å²) in [5, 5.41) is 10.2. The standard InChI is InChI=1S/C16H24F3NO/c1-4-6-20(11-16(17,18)19)7-5-15(21)14-9-12(2)8-13(3)10-14/h8-10,15,21H,4-7,11H2,1-3H3. The molecule has 1 aromatic carbocycles. The van der Waals surface area contributed by atoms with Crippen LogP contribution in [0.15, 0.2) is 18.2 Å². The molecule has 0 bridgehead atoms. The Hall–Kier alpha value is -1.07. The summed E-state index contributed by atoms with van der Waals surface area (Å²) >= 11 is 0. The van der Waals surface area contributed by atoms with Crippen molar-refractivity contribution < 1.29 is 18.3 Å². The molecule has 0 aliphatic carbocycles. The van der Waals surface area contributed by atoms with Crippen LogP contribution < -0.4 is 0 Å². The molecule has 0 saturated carbocycles. The molecular formula is C16H24F3NO. The van der Waals surface area contributed by atoms with Crippen molar-refractivity contribution >= 4 is 0 Å². The largest absolute Gasteiger partial charge is 0.401 e. The van der Waals surface area contributed by atoms with Gasteiger partial charge in [-0.15, -0.1) is 0 Å². The van der Waals surface area contributed by atoms with Gasteiger partial charge < -0.3 is 5.11 Å². The van der Waals surface area contributed by atoms with Crippen molar-refractivity contribution in [1.82, 2.24) is 4.90 Å². The van der Waals surface area contributed by atoms with E-state index in [1.54, 1.807) is 0 Å². The second-order valence-electron chi connectivity index (χ2n) is 5.62. The molecule has 1 N–H and O–H groups in total. The molecule has 120 valence electrons. The monoisotopic (exact) mass is 303 g/mol. The fraction of sp³-hybridized carbons (Fsp3) is 0.625. The fourth-order valence-corrected chi connectivity index (χ4v) is 2.51. The van der Waals surface area contributed by atoms with E-state index in [0.717, 1.165) is 16.7 Å². The highest BCUT2D eigenvalue weighted by Crippen LogP contribution is 2.22.